The molecule has 0 bridgehead atoms. The van der Waals surface area contributed by atoms with Crippen molar-refractivity contribution in [3.05, 3.63) is 73.8 Å². The molecular weight excluding hydrogens is 311 g/mol. The molecule has 110 valence electrons. The average Bonchev–Trinajstić information content (AvgIpc) is 2.45. The molecule has 0 aliphatic carbocycles. The fourth-order valence-corrected chi connectivity index (χ4v) is 2.44. The lowest BCUT2D eigenvalue weighted by Gasteiger charge is -2.07. The van der Waals surface area contributed by atoms with E-state index in [9.17, 15) is 10.1 Å². The van der Waals surface area contributed by atoms with Crippen LogP contribution in [-0.2, 0) is 13.0 Å². The summed E-state index contributed by atoms with van der Waals surface area (Å²) < 4.78 is 0. The third-order valence-electron chi connectivity index (χ3n) is 3.04. The van der Waals surface area contributed by atoms with Gasteiger partial charge >= 0.3 is 0 Å². The van der Waals surface area contributed by atoms with E-state index in [0.717, 1.165) is 17.7 Å². The van der Waals surface area contributed by atoms with Crippen LogP contribution in [-0.4, -0.2) is 11.5 Å². The number of halogens is 2. The van der Waals surface area contributed by atoms with Gasteiger partial charge in [0.05, 0.1) is 9.95 Å². The Morgan fingerprint density at radius 3 is 2.62 bits per heavy atom. The second kappa shape index (κ2) is 7.41. The molecule has 0 fully saturated rings. The molecule has 0 aliphatic rings. The van der Waals surface area contributed by atoms with Crippen molar-refractivity contribution in [3.8, 4) is 0 Å². The highest BCUT2D eigenvalue weighted by molar-refractivity contribution is 6.31. The third kappa shape index (κ3) is 4.70. The van der Waals surface area contributed by atoms with Gasteiger partial charge < -0.3 is 5.32 Å². The number of rotatable bonds is 6. The zero-order valence-electron chi connectivity index (χ0n) is 11.2. The molecule has 0 heterocycles. The van der Waals surface area contributed by atoms with Crippen LogP contribution >= 0.6 is 23.2 Å². The van der Waals surface area contributed by atoms with Crippen molar-refractivity contribution >= 4 is 28.9 Å². The molecule has 2 aromatic rings. The van der Waals surface area contributed by atoms with Gasteiger partial charge in [0.25, 0.3) is 5.69 Å². The molecule has 0 atom stereocenters. The molecule has 0 radical (unpaired) electrons. The summed E-state index contributed by atoms with van der Waals surface area (Å²) in [4.78, 5) is 10.2. The summed E-state index contributed by atoms with van der Waals surface area (Å²) in [6.07, 6.45) is 0.706. The zero-order valence-corrected chi connectivity index (χ0v) is 12.7. The third-order valence-corrected chi connectivity index (χ3v) is 3.62. The first-order chi connectivity index (χ1) is 10.1. The molecular formula is C15H14Cl2N2O2. The van der Waals surface area contributed by atoms with Crippen molar-refractivity contribution in [2.45, 2.75) is 13.0 Å². The van der Waals surface area contributed by atoms with Gasteiger partial charge in [0.15, 0.2) is 0 Å². The number of hydrogen-bond donors (Lipinski definition) is 1. The molecule has 2 aromatic carbocycles. The van der Waals surface area contributed by atoms with Crippen molar-refractivity contribution in [1.29, 1.82) is 0 Å². The Morgan fingerprint density at radius 2 is 1.95 bits per heavy atom. The second-order valence-electron chi connectivity index (χ2n) is 4.59. The van der Waals surface area contributed by atoms with Gasteiger partial charge in [0.1, 0.15) is 0 Å². The Hall–Kier alpha value is -1.62. The van der Waals surface area contributed by atoms with Crippen LogP contribution in [0, 0.1) is 10.1 Å². The van der Waals surface area contributed by atoms with Crippen molar-refractivity contribution < 1.29 is 4.92 Å². The first-order valence-electron chi connectivity index (χ1n) is 6.44. The van der Waals surface area contributed by atoms with E-state index in [4.69, 9.17) is 23.2 Å². The summed E-state index contributed by atoms with van der Waals surface area (Å²) in [6.45, 7) is 1.44. The molecule has 6 heteroatoms. The summed E-state index contributed by atoms with van der Waals surface area (Å²) in [6, 6.07) is 12.2. The summed E-state index contributed by atoms with van der Waals surface area (Å²) >= 11 is 12.0. The Bertz CT molecular complexity index is 647. The first kappa shape index (κ1) is 15.8. The van der Waals surface area contributed by atoms with Gasteiger partial charge in [-0.3, -0.25) is 10.1 Å². The van der Waals surface area contributed by atoms with E-state index in [1.807, 2.05) is 24.3 Å². The molecule has 21 heavy (non-hydrogen) atoms. The number of non-ortho nitro benzene ring substituents is 1. The van der Waals surface area contributed by atoms with Crippen LogP contribution in [0.2, 0.25) is 10.0 Å². The normalized spacial score (nSPS) is 10.6. The van der Waals surface area contributed by atoms with Crippen LogP contribution < -0.4 is 5.32 Å². The Morgan fingerprint density at radius 1 is 1.14 bits per heavy atom. The van der Waals surface area contributed by atoms with Crippen molar-refractivity contribution in [1.82, 2.24) is 5.32 Å². The second-order valence-corrected chi connectivity index (χ2v) is 5.43. The summed E-state index contributed by atoms with van der Waals surface area (Å²) in [5.41, 5.74) is 2.01. The number of nitro benzene ring substituents is 1. The van der Waals surface area contributed by atoms with Crippen molar-refractivity contribution in [3.63, 3.8) is 0 Å². The van der Waals surface area contributed by atoms with E-state index in [2.05, 4.69) is 5.32 Å². The van der Waals surface area contributed by atoms with Crippen LogP contribution in [0.25, 0.3) is 0 Å². The minimum absolute atomic E-state index is 0.00985. The van der Waals surface area contributed by atoms with Gasteiger partial charge in [-0.1, -0.05) is 41.4 Å². The molecule has 0 aromatic heterocycles. The van der Waals surface area contributed by atoms with Crippen molar-refractivity contribution in [2.75, 3.05) is 6.54 Å². The molecule has 1 N–H and O–H groups in total. The summed E-state index contributed by atoms with van der Waals surface area (Å²) in [7, 11) is 0. The van der Waals surface area contributed by atoms with Gasteiger partial charge in [-0.2, -0.15) is 0 Å². The molecule has 4 nitrogen and oxygen atoms in total. The van der Waals surface area contributed by atoms with Gasteiger partial charge in [0, 0.05) is 23.7 Å². The Kier molecular flexibility index (Phi) is 5.56. The number of nitrogens with one attached hydrogen (secondary N) is 1. The van der Waals surface area contributed by atoms with Gasteiger partial charge in [-0.25, -0.2) is 0 Å². The summed E-state index contributed by atoms with van der Waals surface area (Å²) in [5, 5.41) is 15.1. The maximum absolute atomic E-state index is 10.6. The molecule has 0 amide bonds. The van der Waals surface area contributed by atoms with Crippen LogP contribution in [0.3, 0.4) is 0 Å². The standard InChI is InChI=1S/C15H14Cl2N2O2/c16-13-3-1-2-11(8-13)10-18-7-6-12-4-5-14(19(20)21)9-15(12)17/h1-5,8-9,18H,6-7,10H2. The Labute approximate surface area is 132 Å². The first-order valence-corrected chi connectivity index (χ1v) is 7.20. The highest BCUT2D eigenvalue weighted by Gasteiger charge is 2.08. The summed E-state index contributed by atoms with van der Waals surface area (Å²) in [5.74, 6) is 0. The minimum atomic E-state index is -0.451. The van der Waals surface area contributed by atoms with E-state index < -0.39 is 4.92 Å². The highest BCUT2D eigenvalue weighted by Crippen LogP contribution is 2.22. The van der Waals surface area contributed by atoms with Crippen molar-refractivity contribution in [2.24, 2.45) is 0 Å². The maximum Gasteiger partial charge on any atom is 0.270 e. The Balaban J connectivity index is 1.85. The monoisotopic (exact) mass is 324 g/mol. The molecule has 0 saturated carbocycles. The lowest BCUT2D eigenvalue weighted by atomic mass is 10.1. The quantitative estimate of drug-likeness (QED) is 0.491. The molecule has 0 saturated heterocycles. The van der Waals surface area contributed by atoms with E-state index in [1.54, 1.807) is 6.07 Å². The predicted octanol–water partition coefficient (Wildman–Crippen LogP) is 4.23. The van der Waals surface area contributed by atoms with Gasteiger partial charge in [-0.05, 0) is 36.2 Å². The fourth-order valence-electron chi connectivity index (χ4n) is 1.96. The van der Waals surface area contributed by atoms with Crippen LogP contribution in [0.5, 0.6) is 0 Å². The average molecular weight is 325 g/mol. The van der Waals surface area contributed by atoms with Gasteiger partial charge in [-0.15, -0.1) is 0 Å². The van der Waals surface area contributed by atoms with Crippen LogP contribution in [0.1, 0.15) is 11.1 Å². The smallest absolute Gasteiger partial charge is 0.270 e. The number of benzene rings is 2. The number of nitro groups is 1. The van der Waals surface area contributed by atoms with Crippen LogP contribution in [0.15, 0.2) is 42.5 Å². The topological polar surface area (TPSA) is 55.2 Å². The maximum atomic E-state index is 10.6. The lowest BCUT2D eigenvalue weighted by molar-refractivity contribution is -0.384. The largest absolute Gasteiger partial charge is 0.312 e. The zero-order chi connectivity index (χ0) is 15.2. The van der Waals surface area contributed by atoms with E-state index in [-0.39, 0.29) is 5.69 Å². The predicted molar refractivity (Wildman–Crippen MR) is 85.0 cm³/mol. The molecule has 2 rings (SSSR count). The fraction of sp³-hybridized carbons (Fsp3) is 0.200. The van der Waals surface area contributed by atoms with Gasteiger partial charge in [0.2, 0.25) is 0 Å². The van der Waals surface area contributed by atoms with Crippen LogP contribution in [0.4, 0.5) is 5.69 Å². The van der Waals surface area contributed by atoms with E-state index in [1.165, 1.54) is 12.1 Å². The number of nitrogens with zero attached hydrogens (tertiary/aromatic N) is 1. The molecule has 0 spiro atoms. The molecule has 0 unspecified atom stereocenters. The molecule has 0 aliphatic heterocycles. The lowest BCUT2D eigenvalue weighted by Crippen LogP contribution is -2.16. The number of hydrogen-bond acceptors (Lipinski definition) is 3. The van der Waals surface area contributed by atoms with E-state index in [0.29, 0.717) is 23.0 Å². The minimum Gasteiger partial charge on any atom is -0.312 e. The SMILES string of the molecule is O=[N+]([O-])c1ccc(CCNCc2cccc(Cl)c2)c(Cl)c1. The highest BCUT2D eigenvalue weighted by atomic mass is 35.5. The van der Waals surface area contributed by atoms with E-state index >= 15 is 0 Å².